The number of nitrogen functional groups attached to an aromatic ring is 2. The van der Waals surface area contributed by atoms with Gasteiger partial charge in [-0.25, -0.2) is 4.98 Å². The van der Waals surface area contributed by atoms with E-state index in [0.29, 0.717) is 32.5 Å². The van der Waals surface area contributed by atoms with E-state index in [4.69, 9.17) is 39.7 Å². The van der Waals surface area contributed by atoms with Gasteiger partial charge in [-0.15, -0.1) is 0 Å². The first-order chi connectivity index (χ1) is 15.7. The average molecular weight is 481 g/mol. The Hall–Kier alpha value is -3.87. The molecule has 11 heteroatoms. The summed E-state index contributed by atoms with van der Waals surface area (Å²) in [6, 6.07) is 11.6. The topological polar surface area (TPSA) is 149 Å². The first-order valence-corrected chi connectivity index (χ1v) is 10.5. The summed E-state index contributed by atoms with van der Waals surface area (Å²) in [4.78, 5) is 26.4. The minimum absolute atomic E-state index is 0.0349. The Bertz CT molecular complexity index is 1510. The first kappa shape index (κ1) is 22.3. The molecular weight excluding hydrogens is 463 g/mol. The second-order valence-corrected chi connectivity index (χ2v) is 8.19. The second kappa shape index (κ2) is 8.58. The van der Waals surface area contributed by atoms with Gasteiger partial charge in [0.15, 0.2) is 5.82 Å². The van der Waals surface area contributed by atoms with Crippen LogP contribution in [0.15, 0.2) is 41.2 Å². The molecule has 2 heterocycles. The molecule has 1 unspecified atom stereocenters. The number of anilines is 3. The lowest BCUT2D eigenvalue weighted by atomic mass is 10.1. The fourth-order valence-corrected chi connectivity index (χ4v) is 3.95. The van der Waals surface area contributed by atoms with Crippen molar-refractivity contribution in [1.82, 2.24) is 19.5 Å². The third-order valence-corrected chi connectivity index (χ3v) is 5.62. The molecule has 2 aromatic carbocycles. The van der Waals surface area contributed by atoms with Gasteiger partial charge in [0.1, 0.15) is 23.3 Å². The summed E-state index contributed by atoms with van der Waals surface area (Å²) in [6.07, 6.45) is 0. The highest BCUT2D eigenvalue weighted by atomic mass is 35.5. The lowest BCUT2D eigenvalue weighted by molar-refractivity contribution is 0.730. The van der Waals surface area contributed by atoms with Crippen LogP contribution < -0.4 is 22.3 Å². The molecule has 33 heavy (non-hydrogen) atoms. The minimum atomic E-state index is -0.611. The molecule has 0 bridgehead atoms. The summed E-state index contributed by atoms with van der Waals surface area (Å²) in [5, 5.41) is 13.6. The molecule has 0 amide bonds. The number of rotatable bonds is 4. The molecule has 0 saturated carbocycles. The van der Waals surface area contributed by atoms with Crippen LogP contribution >= 0.6 is 23.2 Å². The normalized spacial score (nSPS) is 11.8. The van der Waals surface area contributed by atoms with Crippen molar-refractivity contribution in [3.63, 3.8) is 0 Å². The lowest BCUT2D eigenvalue weighted by Gasteiger charge is -2.21. The van der Waals surface area contributed by atoms with E-state index in [1.54, 1.807) is 43.3 Å². The Balaban J connectivity index is 1.99. The molecule has 0 aliphatic carbocycles. The fourth-order valence-electron chi connectivity index (χ4n) is 3.53. The molecule has 0 radical (unpaired) electrons. The van der Waals surface area contributed by atoms with Crippen LogP contribution in [0.5, 0.6) is 0 Å². The summed E-state index contributed by atoms with van der Waals surface area (Å²) in [6.45, 7) is 3.61. The lowest BCUT2D eigenvalue weighted by Crippen LogP contribution is -2.28. The first-order valence-electron chi connectivity index (χ1n) is 9.78. The standard InChI is InChI=1S/C22H18Cl2N8O/c1-10-6-7-15(24)16-17(10)29-20(32(21(16)33)13-5-3-4-12(23)8-13)11(2)28-19-14(9-25)18(26)30-22(27)31-19/h3-8,11H,1-2H3,(H5,26,27,28,30,31). The number of fused-ring (bicyclic) bond motifs is 1. The van der Waals surface area contributed by atoms with Gasteiger partial charge >= 0.3 is 0 Å². The maximum Gasteiger partial charge on any atom is 0.267 e. The molecule has 0 aliphatic rings. The van der Waals surface area contributed by atoms with Gasteiger partial charge in [-0.1, -0.05) is 35.3 Å². The van der Waals surface area contributed by atoms with Crippen LogP contribution in [0.1, 0.15) is 29.9 Å². The maximum atomic E-state index is 13.7. The third kappa shape index (κ3) is 4.02. The van der Waals surface area contributed by atoms with Gasteiger partial charge in [0.05, 0.1) is 27.7 Å². The van der Waals surface area contributed by atoms with Crippen molar-refractivity contribution in [1.29, 1.82) is 5.26 Å². The molecule has 4 aromatic rings. The number of hydrogen-bond donors (Lipinski definition) is 3. The number of hydrogen-bond acceptors (Lipinski definition) is 8. The highest BCUT2D eigenvalue weighted by Gasteiger charge is 2.22. The van der Waals surface area contributed by atoms with E-state index < -0.39 is 6.04 Å². The molecule has 166 valence electrons. The Morgan fingerprint density at radius 2 is 1.91 bits per heavy atom. The highest BCUT2D eigenvalue weighted by Crippen LogP contribution is 2.28. The zero-order valence-corrected chi connectivity index (χ0v) is 19.1. The zero-order chi connectivity index (χ0) is 23.9. The summed E-state index contributed by atoms with van der Waals surface area (Å²) in [5.41, 5.74) is 13.0. The molecule has 0 spiro atoms. The van der Waals surface area contributed by atoms with E-state index in [-0.39, 0.29) is 28.7 Å². The highest BCUT2D eigenvalue weighted by molar-refractivity contribution is 6.35. The number of nitrogens with zero attached hydrogens (tertiary/aromatic N) is 5. The fraction of sp³-hybridized carbons (Fsp3) is 0.136. The van der Waals surface area contributed by atoms with E-state index in [1.165, 1.54) is 4.57 Å². The van der Waals surface area contributed by atoms with Crippen LogP contribution in [-0.2, 0) is 0 Å². The number of aryl methyl sites for hydroxylation is 1. The molecule has 9 nitrogen and oxygen atoms in total. The molecule has 4 rings (SSSR count). The Morgan fingerprint density at radius 3 is 2.61 bits per heavy atom. The maximum absolute atomic E-state index is 13.7. The van der Waals surface area contributed by atoms with Crippen molar-refractivity contribution in [3.05, 3.63) is 73.7 Å². The molecule has 0 aliphatic heterocycles. The summed E-state index contributed by atoms with van der Waals surface area (Å²) < 4.78 is 1.43. The van der Waals surface area contributed by atoms with Crippen molar-refractivity contribution in [2.45, 2.75) is 19.9 Å². The van der Waals surface area contributed by atoms with Gasteiger partial charge in [0, 0.05) is 5.02 Å². The molecule has 5 N–H and O–H groups in total. The van der Waals surface area contributed by atoms with Gasteiger partial charge in [-0.3, -0.25) is 9.36 Å². The SMILES string of the molecule is Cc1ccc(Cl)c2c(=O)n(-c3cccc(Cl)c3)c(C(C)Nc3nc(N)nc(N)c3C#N)nc12. The Morgan fingerprint density at radius 1 is 1.15 bits per heavy atom. The van der Waals surface area contributed by atoms with Crippen molar-refractivity contribution >= 4 is 51.7 Å². The van der Waals surface area contributed by atoms with Crippen LogP contribution in [0.25, 0.3) is 16.6 Å². The van der Waals surface area contributed by atoms with Crippen LogP contribution in [0.3, 0.4) is 0 Å². The quantitative estimate of drug-likeness (QED) is 0.396. The molecular formula is C22H18Cl2N8O. The van der Waals surface area contributed by atoms with E-state index in [9.17, 15) is 10.1 Å². The van der Waals surface area contributed by atoms with Crippen LogP contribution in [0.4, 0.5) is 17.6 Å². The number of aromatic nitrogens is 4. The van der Waals surface area contributed by atoms with Gasteiger partial charge in [-0.05, 0) is 43.7 Å². The molecule has 1 atom stereocenters. The second-order valence-electron chi connectivity index (χ2n) is 7.35. The van der Waals surface area contributed by atoms with Crippen LogP contribution in [-0.4, -0.2) is 19.5 Å². The predicted molar refractivity (Wildman–Crippen MR) is 130 cm³/mol. The van der Waals surface area contributed by atoms with Gasteiger partial charge in [-0.2, -0.15) is 15.2 Å². The van der Waals surface area contributed by atoms with Crippen LogP contribution in [0, 0.1) is 18.3 Å². The van der Waals surface area contributed by atoms with Crippen LogP contribution in [0.2, 0.25) is 10.0 Å². The van der Waals surface area contributed by atoms with Crippen molar-refractivity contribution in [3.8, 4) is 11.8 Å². The minimum Gasteiger partial charge on any atom is -0.382 e. The van der Waals surface area contributed by atoms with Gasteiger partial charge < -0.3 is 16.8 Å². The van der Waals surface area contributed by atoms with Crippen molar-refractivity contribution in [2.75, 3.05) is 16.8 Å². The Labute approximate surface area is 198 Å². The van der Waals surface area contributed by atoms with E-state index in [1.807, 2.05) is 13.0 Å². The van der Waals surface area contributed by atoms with E-state index >= 15 is 0 Å². The van der Waals surface area contributed by atoms with Gasteiger partial charge in [0.2, 0.25) is 5.95 Å². The number of nitrogens with one attached hydrogen (secondary N) is 1. The van der Waals surface area contributed by atoms with E-state index in [2.05, 4.69) is 15.3 Å². The summed E-state index contributed by atoms with van der Waals surface area (Å²) in [5.74, 6) is 0.327. The number of halogens is 2. The zero-order valence-electron chi connectivity index (χ0n) is 17.6. The average Bonchev–Trinajstić information content (AvgIpc) is 2.75. The predicted octanol–water partition coefficient (Wildman–Crippen LogP) is 4.00. The van der Waals surface area contributed by atoms with Gasteiger partial charge in [0.25, 0.3) is 5.56 Å². The smallest absolute Gasteiger partial charge is 0.267 e. The van der Waals surface area contributed by atoms with Crippen molar-refractivity contribution in [2.24, 2.45) is 0 Å². The largest absolute Gasteiger partial charge is 0.382 e. The Kier molecular flexibility index (Phi) is 5.80. The number of nitrogens with two attached hydrogens (primary N) is 2. The van der Waals surface area contributed by atoms with Crippen molar-refractivity contribution < 1.29 is 0 Å². The summed E-state index contributed by atoms with van der Waals surface area (Å²) >= 11 is 12.6. The number of benzene rings is 2. The number of nitriles is 1. The third-order valence-electron chi connectivity index (χ3n) is 5.07. The van der Waals surface area contributed by atoms with E-state index in [0.717, 1.165) is 5.56 Å². The molecule has 2 aromatic heterocycles. The summed E-state index contributed by atoms with van der Waals surface area (Å²) in [7, 11) is 0. The monoisotopic (exact) mass is 480 g/mol. The molecule has 0 fully saturated rings. The molecule has 0 saturated heterocycles.